The number of nitrogens with zero attached hydrogens (tertiary/aromatic N) is 1. The molecule has 2 fully saturated rings. The van der Waals surface area contributed by atoms with E-state index in [0.29, 0.717) is 23.9 Å². The smallest absolute Gasteiger partial charge is 0.253 e. The van der Waals surface area contributed by atoms with Crippen LogP contribution in [0.5, 0.6) is 0 Å². The Labute approximate surface area is 155 Å². The number of nitrogens with two attached hydrogens (primary N) is 1. The van der Waals surface area contributed by atoms with Gasteiger partial charge in [0.05, 0.1) is 4.90 Å². The lowest BCUT2D eigenvalue weighted by atomic mass is 9.98. The number of fused-ring (bicyclic) bond motifs is 1. The van der Waals surface area contributed by atoms with Gasteiger partial charge in [0.2, 0.25) is 10.0 Å². The van der Waals surface area contributed by atoms with E-state index in [1.54, 1.807) is 26.0 Å². The number of hydrogen-bond acceptors (Lipinski definition) is 4. The second kappa shape index (κ2) is 7.61. The molecular formula is C17H26ClN3O3S. The van der Waals surface area contributed by atoms with Crippen LogP contribution in [-0.4, -0.2) is 44.4 Å². The van der Waals surface area contributed by atoms with Crippen molar-refractivity contribution in [3.8, 4) is 0 Å². The van der Waals surface area contributed by atoms with Gasteiger partial charge >= 0.3 is 0 Å². The van der Waals surface area contributed by atoms with Gasteiger partial charge in [-0.15, -0.1) is 12.4 Å². The average Bonchev–Trinajstić information content (AvgIpc) is 3.08. The molecule has 6 nitrogen and oxygen atoms in total. The molecule has 3 N–H and O–H groups in total. The van der Waals surface area contributed by atoms with Crippen molar-refractivity contribution in [3.05, 3.63) is 29.8 Å². The maximum absolute atomic E-state index is 12.6. The van der Waals surface area contributed by atoms with Crippen molar-refractivity contribution in [2.24, 2.45) is 17.6 Å². The number of hydrogen-bond donors (Lipinski definition) is 2. The number of sulfonamides is 1. The van der Waals surface area contributed by atoms with E-state index in [1.165, 1.54) is 12.1 Å². The summed E-state index contributed by atoms with van der Waals surface area (Å²) < 4.78 is 26.8. The van der Waals surface area contributed by atoms with Gasteiger partial charge < -0.3 is 10.6 Å². The number of carbonyl (C=O) groups is 1. The first-order valence-electron chi connectivity index (χ1n) is 8.45. The zero-order valence-electron chi connectivity index (χ0n) is 14.5. The van der Waals surface area contributed by atoms with E-state index < -0.39 is 10.0 Å². The molecule has 1 saturated carbocycles. The molecule has 3 unspecified atom stereocenters. The lowest BCUT2D eigenvalue weighted by Gasteiger charge is -2.19. The van der Waals surface area contributed by atoms with Crippen molar-refractivity contribution in [1.82, 2.24) is 9.62 Å². The summed E-state index contributed by atoms with van der Waals surface area (Å²) in [5, 5.41) is 0. The number of halogens is 1. The molecule has 8 heteroatoms. The van der Waals surface area contributed by atoms with Crippen LogP contribution in [0.1, 0.15) is 37.0 Å². The van der Waals surface area contributed by atoms with Crippen LogP contribution in [0, 0.1) is 11.8 Å². The molecular weight excluding hydrogens is 362 g/mol. The zero-order valence-corrected chi connectivity index (χ0v) is 16.1. The minimum Gasteiger partial charge on any atom is -0.338 e. The Morgan fingerprint density at radius 2 is 1.84 bits per heavy atom. The molecule has 1 saturated heterocycles. The highest BCUT2D eigenvalue weighted by molar-refractivity contribution is 7.89. The van der Waals surface area contributed by atoms with Crippen LogP contribution in [0.15, 0.2) is 29.2 Å². The van der Waals surface area contributed by atoms with Crippen molar-refractivity contribution in [3.63, 3.8) is 0 Å². The predicted octanol–water partition coefficient (Wildman–Crippen LogP) is 1.60. The van der Waals surface area contributed by atoms with E-state index >= 15 is 0 Å². The summed E-state index contributed by atoms with van der Waals surface area (Å²) in [7, 11) is -3.53. The lowest BCUT2D eigenvalue weighted by Crippen LogP contribution is -2.33. The maximum Gasteiger partial charge on any atom is 0.253 e. The highest BCUT2D eigenvalue weighted by atomic mass is 35.5. The number of benzene rings is 1. The molecule has 1 aromatic rings. The molecule has 140 valence electrons. The van der Waals surface area contributed by atoms with E-state index in [0.717, 1.165) is 19.4 Å². The van der Waals surface area contributed by atoms with Crippen molar-refractivity contribution >= 4 is 28.3 Å². The third kappa shape index (κ3) is 4.16. The molecule has 3 rings (SSSR count). The molecule has 1 aliphatic carbocycles. The summed E-state index contributed by atoms with van der Waals surface area (Å²) in [6.45, 7) is 5.00. The average molecular weight is 388 g/mol. The fraction of sp³-hybridized carbons (Fsp3) is 0.588. The largest absolute Gasteiger partial charge is 0.338 e. The summed E-state index contributed by atoms with van der Waals surface area (Å²) in [6.07, 6.45) is 2.14. The normalized spacial score (nSPS) is 25.8. The minimum absolute atomic E-state index is 0. The van der Waals surface area contributed by atoms with Gasteiger partial charge in [0.15, 0.2) is 0 Å². The van der Waals surface area contributed by atoms with Gasteiger partial charge in [0, 0.05) is 30.7 Å². The summed E-state index contributed by atoms with van der Waals surface area (Å²) in [6, 6.07) is 6.17. The molecule has 1 amide bonds. The number of amides is 1. The SMILES string of the molecule is CC(C)NS(=O)(=O)c1ccc(C(=O)N2CC3CCC(N)C3C2)cc1.Cl. The van der Waals surface area contributed by atoms with Gasteiger partial charge in [-0.1, -0.05) is 0 Å². The molecule has 0 radical (unpaired) electrons. The van der Waals surface area contributed by atoms with Gasteiger partial charge in [-0.3, -0.25) is 4.79 Å². The lowest BCUT2D eigenvalue weighted by molar-refractivity contribution is 0.0779. The van der Waals surface area contributed by atoms with E-state index in [-0.39, 0.29) is 35.3 Å². The first kappa shape index (κ1) is 20.2. The fourth-order valence-corrected chi connectivity index (χ4v) is 5.06. The van der Waals surface area contributed by atoms with E-state index in [4.69, 9.17) is 5.73 Å². The van der Waals surface area contributed by atoms with Crippen LogP contribution in [-0.2, 0) is 10.0 Å². The number of nitrogens with one attached hydrogen (secondary N) is 1. The van der Waals surface area contributed by atoms with Crippen LogP contribution in [0.3, 0.4) is 0 Å². The molecule has 0 aromatic heterocycles. The van der Waals surface area contributed by atoms with Crippen LogP contribution < -0.4 is 10.5 Å². The number of likely N-dealkylation sites (tertiary alicyclic amines) is 1. The van der Waals surface area contributed by atoms with Gasteiger partial charge in [0.25, 0.3) is 5.91 Å². The zero-order chi connectivity index (χ0) is 17.5. The van der Waals surface area contributed by atoms with Crippen LogP contribution in [0.25, 0.3) is 0 Å². The third-order valence-electron chi connectivity index (χ3n) is 5.00. The molecule has 0 spiro atoms. The Balaban J connectivity index is 0.00000225. The van der Waals surface area contributed by atoms with Gasteiger partial charge in [-0.25, -0.2) is 13.1 Å². The predicted molar refractivity (Wildman–Crippen MR) is 99.2 cm³/mol. The Hall–Kier alpha value is -1.15. The highest BCUT2D eigenvalue weighted by Crippen LogP contribution is 2.37. The maximum atomic E-state index is 12.6. The summed E-state index contributed by atoms with van der Waals surface area (Å²) in [4.78, 5) is 14.7. The number of carbonyl (C=O) groups excluding carboxylic acids is 1. The van der Waals surface area contributed by atoms with Gasteiger partial charge in [-0.2, -0.15) is 0 Å². The Morgan fingerprint density at radius 1 is 1.20 bits per heavy atom. The molecule has 0 bridgehead atoms. The molecule has 25 heavy (non-hydrogen) atoms. The first-order chi connectivity index (χ1) is 11.3. The molecule has 2 aliphatic rings. The van der Waals surface area contributed by atoms with Gasteiger partial charge in [-0.05, 0) is 62.8 Å². The fourth-order valence-electron chi connectivity index (χ4n) is 3.81. The van der Waals surface area contributed by atoms with E-state index in [2.05, 4.69) is 4.72 Å². The second-order valence-corrected chi connectivity index (χ2v) is 8.89. The monoisotopic (exact) mass is 387 g/mol. The molecule has 1 heterocycles. The minimum atomic E-state index is -3.53. The summed E-state index contributed by atoms with van der Waals surface area (Å²) >= 11 is 0. The van der Waals surface area contributed by atoms with E-state index in [1.807, 2.05) is 4.90 Å². The van der Waals surface area contributed by atoms with Crippen molar-refractivity contribution in [2.45, 2.75) is 43.7 Å². The Bertz CT molecular complexity index is 721. The third-order valence-corrected chi connectivity index (χ3v) is 6.68. The van der Waals surface area contributed by atoms with E-state index in [9.17, 15) is 13.2 Å². The summed E-state index contributed by atoms with van der Waals surface area (Å²) in [5.74, 6) is 0.875. The molecule has 3 atom stereocenters. The summed E-state index contributed by atoms with van der Waals surface area (Å²) in [5.41, 5.74) is 6.64. The first-order valence-corrected chi connectivity index (χ1v) is 9.93. The van der Waals surface area contributed by atoms with Crippen molar-refractivity contribution in [2.75, 3.05) is 13.1 Å². The quantitative estimate of drug-likeness (QED) is 0.820. The Morgan fingerprint density at radius 3 is 2.40 bits per heavy atom. The Kier molecular flexibility index (Phi) is 6.14. The van der Waals surface area contributed by atoms with Crippen molar-refractivity contribution in [1.29, 1.82) is 0 Å². The van der Waals surface area contributed by atoms with Crippen LogP contribution in [0.4, 0.5) is 0 Å². The molecule has 1 aliphatic heterocycles. The standard InChI is InChI=1S/C17H25N3O3S.ClH/c1-11(2)19-24(22,23)14-6-3-12(4-7-14)17(21)20-9-13-5-8-16(18)15(13)10-20;/h3-4,6-7,11,13,15-16,19H,5,8-10,18H2,1-2H3;1H. The van der Waals surface area contributed by atoms with Gasteiger partial charge in [0.1, 0.15) is 0 Å². The molecule has 1 aromatic carbocycles. The highest BCUT2D eigenvalue weighted by Gasteiger charge is 2.42. The topological polar surface area (TPSA) is 92.5 Å². The van der Waals surface area contributed by atoms with Crippen molar-refractivity contribution < 1.29 is 13.2 Å². The second-order valence-electron chi connectivity index (χ2n) is 7.18. The van der Waals surface area contributed by atoms with Crippen LogP contribution in [0.2, 0.25) is 0 Å². The number of rotatable bonds is 4. The van der Waals surface area contributed by atoms with Crippen LogP contribution >= 0.6 is 12.4 Å².